The Morgan fingerprint density at radius 3 is 2.57 bits per heavy atom. The van der Waals surface area contributed by atoms with Crippen LogP contribution in [-0.4, -0.2) is 12.0 Å². The summed E-state index contributed by atoms with van der Waals surface area (Å²) >= 11 is 0. The fourth-order valence-corrected chi connectivity index (χ4v) is 2.02. The number of hydrogen-bond acceptors (Lipinski definition) is 3. The Morgan fingerprint density at radius 1 is 1.24 bits per heavy atom. The molecule has 0 spiro atoms. The second kappa shape index (κ2) is 7.09. The lowest BCUT2D eigenvalue weighted by molar-refractivity contribution is 0.0651. The van der Waals surface area contributed by atoms with Gasteiger partial charge in [-0.05, 0) is 38.0 Å². The molecular formula is C17H21NO3. The first-order chi connectivity index (χ1) is 10.1. The van der Waals surface area contributed by atoms with Crippen LogP contribution in [0.4, 0.5) is 0 Å². The topological polar surface area (TPSA) is 51.5 Å². The molecule has 0 aliphatic heterocycles. The highest BCUT2D eigenvalue weighted by atomic mass is 16.5. The van der Waals surface area contributed by atoms with Crippen LogP contribution in [0.25, 0.3) is 0 Å². The number of nitrogens with one attached hydrogen (secondary N) is 1. The van der Waals surface area contributed by atoms with Gasteiger partial charge in [-0.25, -0.2) is 0 Å². The molecule has 2 aromatic rings. The predicted octanol–water partition coefficient (Wildman–Crippen LogP) is 3.44. The maximum atomic E-state index is 12.1. The number of benzene rings is 1. The third-order valence-corrected chi connectivity index (χ3v) is 3.23. The molecule has 1 N–H and O–H groups in total. The minimum atomic E-state index is -0.124. The van der Waals surface area contributed by atoms with Gasteiger partial charge in [0.15, 0.2) is 0 Å². The van der Waals surface area contributed by atoms with Crippen molar-refractivity contribution in [2.24, 2.45) is 0 Å². The highest BCUT2D eigenvalue weighted by molar-refractivity contribution is 5.94. The van der Waals surface area contributed by atoms with Gasteiger partial charge in [0.2, 0.25) is 0 Å². The van der Waals surface area contributed by atoms with Gasteiger partial charge in [0.05, 0.1) is 24.5 Å². The molecule has 4 heteroatoms. The molecule has 0 saturated carbocycles. The van der Waals surface area contributed by atoms with Crippen LogP contribution in [0, 0.1) is 6.92 Å². The second-order valence-corrected chi connectivity index (χ2v) is 5.20. The zero-order valence-corrected chi connectivity index (χ0v) is 12.7. The van der Waals surface area contributed by atoms with E-state index in [9.17, 15) is 4.79 Å². The van der Waals surface area contributed by atoms with E-state index in [2.05, 4.69) is 5.32 Å². The number of hydrogen-bond donors (Lipinski definition) is 1. The molecule has 1 aromatic heterocycles. The maximum absolute atomic E-state index is 12.1. The minimum Gasteiger partial charge on any atom is -0.469 e. The normalized spacial score (nSPS) is 10.9. The van der Waals surface area contributed by atoms with E-state index >= 15 is 0 Å². The van der Waals surface area contributed by atoms with Gasteiger partial charge >= 0.3 is 0 Å². The zero-order valence-electron chi connectivity index (χ0n) is 12.7. The Bertz CT molecular complexity index is 602. The summed E-state index contributed by atoms with van der Waals surface area (Å²) in [5, 5.41) is 2.92. The Hall–Kier alpha value is -2.07. The minimum absolute atomic E-state index is 0.124. The fraction of sp³-hybridized carbons (Fsp3) is 0.353. The standard InChI is InChI=1S/C17H21NO3/c1-12(2)21-11-15-7-5-4-6-14(15)10-18-17(19)16-8-9-20-13(16)3/h4-9,12H,10-11H2,1-3H3,(H,18,19). The molecule has 0 aliphatic carbocycles. The van der Waals surface area contributed by atoms with Crippen molar-refractivity contribution >= 4 is 5.91 Å². The third kappa shape index (κ3) is 4.20. The molecule has 0 radical (unpaired) electrons. The first kappa shape index (κ1) is 15.3. The van der Waals surface area contributed by atoms with E-state index < -0.39 is 0 Å². The van der Waals surface area contributed by atoms with Crippen molar-refractivity contribution < 1.29 is 13.9 Å². The molecule has 112 valence electrons. The summed E-state index contributed by atoms with van der Waals surface area (Å²) < 4.78 is 10.8. The molecule has 1 aromatic carbocycles. The van der Waals surface area contributed by atoms with Crippen LogP contribution in [-0.2, 0) is 17.9 Å². The van der Waals surface area contributed by atoms with Crippen molar-refractivity contribution in [2.45, 2.75) is 40.0 Å². The largest absolute Gasteiger partial charge is 0.469 e. The average molecular weight is 287 g/mol. The van der Waals surface area contributed by atoms with E-state index in [4.69, 9.17) is 9.15 Å². The number of carbonyl (C=O) groups excluding carboxylic acids is 1. The fourth-order valence-electron chi connectivity index (χ4n) is 2.02. The second-order valence-electron chi connectivity index (χ2n) is 5.20. The quantitative estimate of drug-likeness (QED) is 0.885. The van der Waals surface area contributed by atoms with Crippen molar-refractivity contribution in [1.82, 2.24) is 5.32 Å². The molecule has 0 fully saturated rings. The van der Waals surface area contributed by atoms with E-state index in [1.165, 1.54) is 6.26 Å². The van der Waals surface area contributed by atoms with Crippen LogP contribution in [0.5, 0.6) is 0 Å². The van der Waals surface area contributed by atoms with Crippen LogP contribution in [0.15, 0.2) is 41.0 Å². The van der Waals surface area contributed by atoms with Gasteiger partial charge < -0.3 is 14.5 Å². The Labute approximate surface area is 125 Å². The molecule has 2 rings (SSSR count). The van der Waals surface area contributed by atoms with E-state index in [0.717, 1.165) is 11.1 Å². The van der Waals surface area contributed by atoms with Crippen LogP contribution in [0.1, 0.15) is 41.1 Å². The Balaban J connectivity index is 2.00. The van der Waals surface area contributed by atoms with E-state index in [0.29, 0.717) is 24.5 Å². The molecule has 0 unspecified atom stereocenters. The summed E-state index contributed by atoms with van der Waals surface area (Å²) in [5.74, 6) is 0.504. The molecule has 0 atom stereocenters. The predicted molar refractivity (Wildman–Crippen MR) is 81.0 cm³/mol. The van der Waals surface area contributed by atoms with Gasteiger partial charge in [-0.15, -0.1) is 0 Å². The van der Waals surface area contributed by atoms with E-state index in [-0.39, 0.29) is 12.0 Å². The van der Waals surface area contributed by atoms with Gasteiger partial charge in [0.25, 0.3) is 5.91 Å². The molecule has 21 heavy (non-hydrogen) atoms. The Kier molecular flexibility index (Phi) is 5.17. The van der Waals surface area contributed by atoms with Gasteiger partial charge in [0, 0.05) is 6.54 Å². The monoisotopic (exact) mass is 287 g/mol. The van der Waals surface area contributed by atoms with E-state index in [1.54, 1.807) is 13.0 Å². The highest BCUT2D eigenvalue weighted by Gasteiger charge is 2.11. The molecule has 1 amide bonds. The number of carbonyl (C=O) groups is 1. The number of amides is 1. The van der Waals surface area contributed by atoms with Crippen molar-refractivity contribution in [1.29, 1.82) is 0 Å². The van der Waals surface area contributed by atoms with Crippen LogP contribution in [0.3, 0.4) is 0 Å². The summed E-state index contributed by atoms with van der Waals surface area (Å²) in [6.45, 7) is 6.81. The van der Waals surface area contributed by atoms with Gasteiger partial charge in [-0.1, -0.05) is 24.3 Å². The van der Waals surface area contributed by atoms with Crippen molar-refractivity contribution in [3.63, 3.8) is 0 Å². The number of furan rings is 1. The molecule has 1 heterocycles. The van der Waals surface area contributed by atoms with Gasteiger partial charge in [0.1, 0.15) is 5.76 Å². The van der Waals surface area contributed by atoms with Crippen LogP contribution < -0.4 is 5.32 Å². The summed E-state index contributed by atoms with van der Waals surface area (Å²) in [6, 6.07) is 9.64. The molecular weight excluding hydrogens is 266 g/mol. The van der Waals surface area contributed by atoms with Crippen molar-refractivity contribution in [2.75, 3.05) is 0 Å². The van der Waals surface area contributed by atoms with Crippen molar-refractivity contribution in [3.05, 3.63) is 59.0 Å². The van der Waals surface area contributed by atoms with Crippen molar-refractivity contribution in [3.8, 4) is 0 Å². The molecule has 0 bridgehead atoms. The zero-order chi connectivity index (χ0) is 15.2. The summed E-state index contributed by atoms with van der Waals surface area (Å²) in [4.78, 5) is 12.1. The Morgan fingerprint density at radius 2 is 1.95 bits per heavy atom. The number of rotatable bonds is 6. The maximum Gasteiger partial charge on any atom is 0.255 e. The van der Waals surface area contributed by atoms with Gasteiger partial charge in [-0.2, -0.15) is 0 Å². The summed E-state index contributed by atoms with van der Waals surface area (Å²) in [6.07, 6.45) is 1.70. The summed E-state index contributed by atoms with van der Waals surface area (Å²) in [5.41, 5.74) is 2.73. The lowest BCUT2D eigenvalue weighted by Gasteiger charge is -2.12. The van der Waals surface area contributed by atoms with E-state index in [1.807, 2.05) is 38.1 Å². The number of ether oxygens (including phenoxy) is 1. The molecule has 0 saturated heterocycles. The third-order valence-electron chi connectivity index (χ3n) is 3.23. The lowest BCUT2D eigenvalue weighted by atomic mass is 10.1. The smallest absolute Gasteiger partial charge is 0.255 e. The first-order valence-corrected chi connectivity index (χ1v) is 7.08. The average Bonchev–Trinajstić information content (AvgIpc) is 2.89. The molecule has 0 aliphatic rings. The SMILES string of the molecule is Cc1occc1C(=O)NCc1ccccc1COC(C)C. The lowest BCUT2D eigenvalue weighted by Crippen LogP contribution is -2.23. The first-order valence-electron chi connectivity index (χ1n) is 7.08. The van der Waals surface area contributed by atoms with Crippen LogP contribution in [0.2, 0.25) is 0 Å². The highest BCUT2D eigenvalue weighted by Crippen LogP contribution is 2.13. The van der Waals surface area contributed by atoms with Gasteiger partial charge in [-0.3, -0.25) is 4.79 Å². The molecule has 4 nitrogen and oxygen atoms in total. The summed E-state index contributed by atoms with van der Waals surface area (Å²) in [7, 11) is 0. The van der Waals surface area contributed by atoms with Crippen LogP contribution >= 0.6 is 0 Å². The number of aryl methyl sites for hydroxylation is 1.